The Morgan fingerprint density at radius 1 is 1.43 bits per heavy atom. The van der Waals surface area contributed by atoms with E-state index in [0.29, 0.717) is 13.2 Å². The molecular formula is C9H16BrNO3. The van der Waals surface area contributed by atoms with Gasteiger partial charge in [0.15, 0.2) is 0 Å². The van der Waals surface area contributed by atoms with E-state index in [2.05, 4.69) is 21.2 Å². The highest BCUT2D eigenvalue weighted by Gasteiger charge is 2.11. The topological polar surface area (TPSA) is 55.4 Å². The maximum Gasteiger partial charge on any atom is 0.307 e. The number of hydrogen-bond acceptors (Lipinski definition) is 3. The lowest BCUT2D eigenvalue weighted by atomic mass is 10.3. The molecule has 0 saturated heterocycles. The second-order valence-corrected chi connectivity index (χ2v) is 3.83. The van der Waals surface area contributed by atoms with Gasteiger partial charge < -0.3 is 10.1 Å². The van der Waals surface area contributed by atoms with Gasteiger partial charge in [0.1, 0.15) is 0 Å². The van der Waals surface area contributed by atoms with Crippen LogP contribution in [0.25, 0.3) is 0 Å². The lowest BCUT2D eigenvalue weighted by Gasteiger charge is -2.07. The van der Waals surface area contributed by atoms with Gasteiger partial charge in [0.05, 0.1) is 17.9 Å². The second-order valence-electron chi connectivity index (χ2n) is 2.72. The van der Waals surface area contributed by atoms with Gasteiger partial charge in [0.25, 0.3) is 0 Å². The van der Waals surface area contributed by atoms with Gasteiger partial charge in [-0.2, -0.15) is 0 Å². The third kappa shape index (κ3) is 5.96. The SMILES string of the molecule is CCOC(=O)CCNC(=O)C(Br)CC. The first-order valence-corrected chi connectivity index (χ1v) is 5.60. The average Bonchev–Trinajstić information content (AvgIpc) is 2.16. The molecule has 0 heterocycles. The first-order chi connectivity index (χ1) is 6.61. The number of nitrogens with one attached hydrogen (secondary N) is 1. The Hall–Kier alpha value is -0.580. The molecule has 1 unspecified atom stereocenters. The van der Waals surface area contributed by atoms with Crippen molar-refractivity contribution in [3.8, 4) is 0 Å². The molecule has 0 spiro atoms. The second kappa shape index (κ2) is 7.79. The van der Waals surface area contributed by atoms with Crippen molar-refractivity contribution < 1.29 is 14.3 Å². The van der Waals surface area contributed by atoms with Crippen molar-refractivity contribution in [1.29, 1.82) is 0 Å². The molecule has 0 rings (SSSR count). The first kappa shape index (κ1) is 13.4. The van der Waals surface area contributed by atoms with Gasteiger partial charge >= 0.3 is 5.97 Å². The molecule has 0 fully saturated rings. The van der Waals surface area contributed by atoms with Crippen LogP contribution in [0.4, 0.5) is 0 Å². The predicted molar refractivity (Wildman–Crippen MR) is 57.3 cm³/mol. The summed E-state index contributed by atoms with van der Waals surface area (Å²) in [5.41, 5.74) is 0. The summed E-state index contributed by atoms with van der Waals surface area (Å²) in [4.78, 5) is 21.9. The molecule has 0 aliphatic heterocycles. The number of amides is 1. The van der Waals surface area contributed by atoms with E-state index in [-0.39, 0.29) is 23.1 Å². The maximum atomic E-state index is 11.2. The fourth-order valence-corrected chi connectivity index (χ4v) is 0.979. The van der Waals surface area contributed by atoms with Crippen LogP contribution in [0.5, 0.6) is 0 Å². The summed E-state index contributed by atoms with van der Waals surface area (Å²) in [6, 6.07) is 0. The lowest BCUT2D eigenvalue weighted by molar-refractivity contribution is -0.143. The molecule has 0 aliphatic rings. The molecule has 0 aliphatic carbocycles. The fraction of sp³-hybridized carbons (Fsp3) is 0.778. The largest absolute Gasteiger partial charge is 0.466 e. The molecule has 0 bridgehead atoms. The van der Waals surface area contributed by atoms with Gasteiger partial charge in [-0.1, -0.05) is 22.9 Å². The highest BCUT2D eigenvalue weighted by molar-refractivity contribution is 9.10. The number of halogens is 1. The van der Waals surface area contributed by atoms with Crippen LogP contribution in [0.1, 0.15) is 26.7 Å². The van der Waals surface area contributed by atoms with Crippen molar-refractivity contribution in [2.45, 2.75) is 31.5 Å². The van der Waals surface area contributed by atoms with Crippen LogP contribution in [0.15, 0.2) is 0 Å². The van der Waals surface area contributed by atoms with Crippen LogP contribution in [0, 0.1) is 0 Å². The predicted octanol–water partition coefficient (Wildman–Crippen LogP) is 1.23. The summed E-state index contributed by atoms with van der Waals surface area (Å²) in [5, 5.41) is 2.64. The first-order valence-electron chi connectivity index (χ1n) is 4.69. The molecule has 0 aromatic heterocycles. The molecule has 0 aromatic carbocycles. The van der Waals surface area contributed by atoms with E-state index >= 15 is 0 Å². The van der Waals surface area contributed by atoms with E-state index in [1.165, 1.54) is 0 Å². The molecule has 1 N–H and O–H groups in total. The van der Waals surface area contributed by atoms with Crippen LogP contribution in [0.2, 0.25) is 0 Å². The molecule has 1 amide bonds. The molecule has 82 valence electrons. The fourth-order valence-electron chi connectivity index (χ4n) is 0.817. The molecule has 1 atom stereocenters. The van der Waals surface area contributed by atoms with E-state index in [1.807, 2.05) is 6.92 Å². The molecule has 4 nitrogen and oxygen atoms in total. The number of ether oxygens (including phenoxy) is 1. The Balaban J connectivity index is 3.54. The van der Waals surface area contributed by atoms with Crippen molar-refractivity contribution in [2.24, 2.45) is 0 Å². The van der Waals surface area contributed by atoms with E-state index < -0.39 is 0 Å². The zero-order valence-electron chi connectivity index (χ0n) is 8.51. The van der Waals surface area contributed by atoms with Gasteiger partial charge in [0, 0.05) is 6.54 Å². The normalized spacial score (nSPS) is 11.9. The molecule has 14 heavy (non-hydrogen) atoms. The van der Waals surface area contributed by atoms with Crippen molar-refractivity contribution >= 4 is 27.8 Å². The quantitative estimate of drug-likeness (QED) is 0.581. The summed E-state index contributed by atoms with van der Waals surface area (Å²) in [6.07, 6.45) is 0.953. The highest BCUT2D eigenvalue weighted by Crippen LogP contribution is 2.03. The zero-order chi connectivity index (χ0) is 11.0. The highest BCUT2D eigenvalue weighted by atomic mass is 79.9. The minimum atomic E-state index is -0.282. The summed E-state index contributed by atoms with van der Waals surface area (Å²) in [6.45, 7) is 4.37. The van der Waals surface area contributed by atoms with Crippen molar-refractivity contribution in [2.75, 3.05) is 13.2 Å². The van der Waals surface area contributed by atoms with Crippen molar-refractivity contribution in [3.05, 3.63) is 0 Å². The van der Waals surface area contributed by atoms with Crippen LogP contribution < -0.4 is 5.32 Å². The number of carbonyl (C=O) groups is 2. The number of rotatable bonds is 6. The van der Waals surface area contributed by atoms with Crippen LogP contribution in [-0.4, -0.2) is 29.9 Å². The average molecular weight is 266 g/mol. The van der Waals surface area contributed by atoms with Crippen LogP contribution in [0.3, 0.4) is 0 Å². The number of esters is 1. The van der Waals surface area contributed by atoms with E-state index in [9.17, 15) is 9.59 Å². The molecule has 5 heteroatoms. The van der Waals surface area contributed by atoms with Gasteiger partial charge in [-0.05, 0) is 13.3 Å². The Morgan fingerprint density at radius 2 is 2.07 bits per heavy atom. The van der Waals surface area contributed by atoms with Crippen LogP contribution >= 0.6 is 15.9 Å². The zero-order valence-corrected chi connectivity index (χ0v) is 10.1. The Labute approximate surface area is 92.5 Å². The van der Waals surface area contributed by atoms with Crippen LogP contribution in [-0.2, 0) is 14.3 Å². The van der Waals surface area contributed by atoms with E-state index in [4.69, 9.17) is 4.74 Å². The smallest absolute Gasteiger partial charge is 0.307 e. The summed E-state index contributed by atoms with van der Waals surface area (Å²) in [7, 11) is 0. The van der Waals surface area contributed by atoms with Gasteiger partial charge in [-0.15, -0.1) is 0 Å². The van der Waals surface area contributed by atoms with Gasteiger partial charge in [0.2, 0.25) is 5.91 Å². The minimum absolute atomic E-state index is 0.0863. The molecule has 0 aromatic rings. The standard InChI is InChI=1S/C9H16BrNO3/c1-3-7(10)9(13)11-6-5-8(12)14-4-2/h7H,3-6H2,1-2H3,(H,11,13). The summed E-state index contributed by atoms with van der Waals surface area (Å²) < 4.78 is 4.71. The number of carbonyl (C=O) groups excluding carboxylic acids is 2. The number of hydrogen-bond donors (Lipinski definition) is 1. The summed E-state index contributed by atoms with van der Waals surface area (Å²) >= 11 is 3.21. The number of alkyl halides is 1. The van der Waals surface area contributed by atoms with E-state index in [1.54, 1.807) is 6.92 Å². The van der Waals surface area contributed by atoms with E-state index in [0.717, 1.165) is 6.42 Å². The van der Waals surface area contributed by atoms with Gasteiger partial charge in [-0.25, -0.2) is 0 Å². The Bertz CT molecular complexity index is 196. The summed E-state index contributed by atoms with van der Waals surface area (Å²) in [5.74, 6) is -0.368. The third-order valence-electron chi connectivity index (χ3n) is 1.58. The van der Waals surface area contributed by atoms with Crippen molar-refractivity contribution in [1.82, 2.24) is 5.32 Å². The molecule has 0 saturated carbocycles. The minimum Gasteiger partial charge on any atom is -0.466 e. The Morgan fingerprint density at radius 3 is 2.57 bits per heavy atom. The van der Waals surface area contributed by atoms with Gasteiger partial charge in [-0.3, -0.25) is 9.59 Å². The maximum absolute atomic E-state index is 11.2. The molecule has 0 radical (unpaired) electrons. The lowest BCUT2D eigenvalue weighted by Crippen LogP contribution is -2.32. The third-order valence-corrected chi connectivity index (χ3v) is 2.64. The molecular weight excluding hydrogens is 250 g/mol. The van der Waals surface area contributed by atoms with Crippen molar-refractivity contribution in [3.63, 3.8) is 0 Å². The monoisotopic (exact) mass is 265 g/mol. The Kier molecular flexibility index (Phi) is 7.47.